The van der Waals surface area contributed by atoms with Gasteiger partial charge in [0.2, 0.25) is 5.91 Å². The number of hydrogen-bond donors (Lipinski definition) is 3. The number of aliphatic carboxylic acids is 1. The van der Waals surface area contributed by atoms with Crippen molar-refractivity contribution in [3.63, 3.8) is 0 Å². The molecule has 0 heterocycles. The van der Waals surface area contributed by atoms with Crippen LogP contribution >= 0.6 is 0 Å². The van der Waals surface area contributed by atoms with Crippen LogP contribution in [0.1, 0.15) is 13.3 Å². The molecule has 0 saturated carbocycles. The minimum absolute atomic E-state index is 0.253. The summed E-state index contributed by atoms with van der Waals surface area (Å²) in [4.78, 5) is 21.8. The van der Waals surface area contributed by atoms with E-state index in [1.165, 1.54) is 0 Å². The number of carbonyl (C=O) groups excluding carboxylic acids is 1. The minimum Gasteiger partial charge on any atom is -0.482 e. The topological polar surface area (TPSA) is 102 Å². The van der Waals surface area contributed by atoms with Crippen LogP contribution in [0, 0.1) is 0 Å². The normalized spacial score (nSPS) is 11.7. The average molecular weight is 252 g/mol. The zero-order chi connectivity index (χ0) is 13.5. The van der Waals surface area contributed by atoms with Gasteiger partial charge in [-0.2, -0.15) is 0 Å². The number of carboxylic acid groups (broad SMARTS) is 1. The van der Waals surface area contributed by atoms with Gasteiger partial charge in [-0.3, -0.25) is 4.79 Å². The molecule has 1 rings (SSSR count). The van der Waals surface area contributed by atoms with Crippen LogP contribution in [0.2, 0.25) is 0 Å². The number of anilines is 1. The molecule has 0 radical (unpaired) electrons. The van der Waals surface area contributed by atoms with Gasteiger partial charge in [-0.05, 0) is 30.7 Å². The number of benzene rings is 1. The van der Waals surface area contributed by atoms with Gasteiger partial charge in [-0.15, -0.1) is 0 Å². The van der Waals surface area contributed by atoms with E-state index in [0.29, 0.717) is 17.9 Å². The molecule has 0 aliphatic carbocycles. The summed E-state index contributed by atoms with van der Waals surface area (Å²) in [5.74, 6) is -0.867. The number of hydrogen-bond acceptors (Lipinski definition) is 4. The molecule has 0 spiro atoms. The third kappa shape index (κ3) is 4.42. The van der Waals surface area contributed by atoms with Crippen LogP contribution in [0.25, 0.3) is 0 Å². The molecule has 0 bridgehead atoms. The predicted octanol–water partition coefficient (Wildman–Crippen LogP) is 0.826. The van der Waals surface area contributed by atoms with Crippen LogP contribution in [0.15, 0.2) is 24.3 Å². The van der Waals surface area contributed by atoms with Gasteiger partial charge in [-0.1, -0.05) is 6.92 Å². The molecule has 6 nitrogen and oxygen atoms in total. The first kappa shape index (κ1) is 14.0. The Morgan fingerprint density at radius 1 is 1.39 bits per heavy atom. The summed E-state index contributed by atoms with van der Waals surface area (Å²) >= 11 is 0. The lowest BCUT2D eigenvalue weighted by molar-refractivity contribution is -0.139. The zero-order valence-electron chi connectivity index (χ0n) is 10.1. The van der Waals surface area contributed by atoms with Crippen molar-refractivity contribution < 1.29 is 19.4 Å². The fraction of sp³-hybridized carbons (Fsp3) is 0.333. The fourth-order valence-corrected chi connectivity index (χ4v) is 1.20. The highest BCUT2D eigenvalue weighted by atomic mass is 16.5. The summed E-state index contributed by atoms with van der Waals surface area (Å²) in [5.41, 5.74) is 6.16. The van der Waals surface area contributed by atoms with Crippen LogP contribution in [0.5, 0.6) is 5.75 Å². The molecular weight excluding hydrogens is 236 g/mol. The lowest BCUT2D eigenvalue weighted by Gasteiger charge is -2.10. The second-order valence-electron chi connectivity index (χ2n) is 3.71. The van der Waals surface area contributed by atoms with Crippen molar-refractivity contribution in [2.45, 2.75) is 19.4 Å². The second kappa shape index (κ2) is 6.61. The molecule has 18 heavy (non-hydrogen) atoms. The Morgan fingerprint density at radius 2 is 2.00 bits per heavy atom. The van der Waals surface area contributed by atoms with E-state index in [4.69, 9.17) is 15.6 Å². The van der Waals surface area contributed by atoms with Crippen molar-refractivity contribution in [2.24, 2.45) is 5.73 Å². The summed E-state index contributed by atoms with van der Waals surface area (Å²) in [6.07, 6.45) is 0.561. The van der Waals surface area contributed by atoms with Crippen LogP contribution in [0.3, 0.4) is 0 Å². The number of ether oxygens (including phenoxy) is 1. The summed E-state index contributed by atoms with van der Waals surface area (Å²) in [5, 5.41) is 11.1. The fourth-order valence-electron chi connectivity index (χ4n) is 1.20. The lowest BCUT2D eigenvalue weighted by atomic mass is 10.2. The highest BCUT2D eigenvalue weighted by Gasteiger charge is 2.10. The first-order valence-corrected chi connectivity index (χ1v) is 5.54. The molecule has 0 aliphatic heterocycles. The number of nitrogens with one attached hydrogen (secondary N) is 1. The van der Waals surface area contributed by atoms with Gasteiger partial charge in [0.15, 0.2) is 6.61 Å². The number of nitrogens with two attached hydrogens (primary N) is 1. The van der Waals surface area contributed by atoms with Crippen LogP contribution in [0.4, 0.5) is 5.69 Å². The first-order valence-electron chi connectivity index (χ1n) is 5.54. The number of carbonyl (C=O) groups is 2. The molecule has 1 amide bonds. The van der Waals surface area contributed by atoms with Gasteiger partial charge < -0.3 is 20.9 Å². The van der Waals surface area contributed by atoms with Gasteiger partial charge in [-0.25, -0.2) is 4.79 Å². The van der Waals surface area contributed by atoms with Gasteiger partial charge in [0.05, 0.1) is 6.04 Å². The molecule has 0 aliphatic rings. The summed E-state index contributed by atoms with van der Waals surface area (Å²) in [7, 11) is 0. The second-order valence-corrected chi connectivity index (χ2v) is 3.71. The highest BCUT2D eigenvalue weighted by Crippen LogP contribution is 2.15. The Hall–Kier alpha value is -2.08. The molecular formula is C12H16N2O4. The Morgan fingerprint density at radius 3 is 2.50 bits per heavy atom. The molecule has 0 unspecified atom stereocenters. The molecule has 0 aromatic heterocycles. The molecule has 1 aromatic rings. The van der Waals surface area contributed by atoms with Gasteiger partial charge in [0.25, 0.3) is 0 Å². The van der Waals surface area contributed by atoms with Gasteiger partial charge in [0, 0.05) is 5.69 Å². The van der Waals surface area contributed by atoms with Crippen molar-refractivity contribution >= 4 is 17.6 Å². The lowest BCUT2D eigenvalue weighted by Crippen LogP contribution is -2.34. The van der Waals surface area contributed by atoms with Gasteiger partial charge >= 0.3 is 5.97 Å². The molecule has 1 atom stereocenters. The quantitative estimate of drug-likeness (QED) is 0.696. The first-order chi connectivity index (χ1) is 8.52. The Kier molecular flexibility index (Phi) is 5.13. The van der Waals surface area contributed by atoms with E-state index in [0.717, 1.165) is 0 Å². The Balaban J connectivity index is 2.55. The van der Waals surface area contributed by atoms with Crippen molar-refractivity contribution in [2.75, 3.05) is 11.9 Å². The maximum absolute atomic E-state index is 11.5. The molecule has 4 N–H and O–H groups in total. The Bertz CT molecular complexity index is 417. The van der Waals surface area contributed by atoms with Crippen LogP contribution < -0.4 is 15.8 Å². The molecule has 0 fully saturated rings. The van der Waals surface area contributed by atoms with Crippen LogP contribution in [-0.4, -0.2) is 29.6 Å². The van der Waals surface area contributed by atoms with Gasteiger partial charge in [0.1, 0.15) is 5.75 Å². The SMILES string of the molecule is CC[C@@H](N)C(=O)Nc1ccc(OCC(=O)O)cc1. The molecule has 1 aromatic carbocycles. The Labute approximate surface area is 105 Å². The molecule has 0 saturated heterocycles. The summed E-state index contributed by atoms with van der Waals surface area (Å²) in [6.45, 7) is 1.43. The largest absolute Gasteiger partial charge is 0.482 e. The van der Waals surface area contributed by atoms with E-state index in [9.17, 15) is 9.59 Å². The number of carboxylic acids is 1. The number of rotatable bonds is 6. The predicted molar refractivity (Wildman–Crippen MR) is 66.5 cm³/mol. The maximum atomic E-state index is 11.5. The maximum Gasteiger partial charge on any atom is 0.341 e. The average Bonchev–Trinajstić information content (AvgIpc) is 2.36. The number of amides is 1. The van der Waals surface area contributed by atoms with E-state index >= 15 is 0 Å². The van der Waals surface area contributed by atoms with Crippen molar-refractivity contribution in [1.82, 2.24) is 0 Å². The smallest absolute Gasteiger partial charge is 0.341 e. The summed E-state index contributed by atoms with van der Waals surface area (Å²) in [6, 6.07) is 5.87. The standard InChI is InChI=1S/C12H16N2O4/c1-2-10(13)12(17)14-8-3-5-9(6-4-8)18-7-11(15)16/h3-6,10H,2,7,13H2,1H3,(H,14,17)(H,15,16)/t10-/m1/s1. The monoisotopic (exact) mass is 252 g/mol. The van der Waals surface area contributed by atoms with E-state index in [-0.39, 0.29) is 5.91 Å². The zero-order valence-corrected chi connectivity index (χ0v) is 10.1. The van der Waals surface area contributed by atoms with Crippen molar-refractivity contribution in [1.29, 1.82) is 0 Å². The molecule has 6 heteroatoms. The third-order valence-corrected chi connectivity index (χ3v) is 2.26. The summed E-state index contributed by atoms with van der Waals surface area (Å²) < 4.78 is 4.96. The minimum atomic E-state index is -1.04. The molecule has 98 valence electrons. The van der Waals surface area contributed by atoms with E-state index < -0.39 is 18.6 Å². The van der Waals surface area contributed by atoms with Crippen LogP contribution in [-0.2, 0) is 9.59 Å². The van der Waals surface area contributed by atoms with E-state index in [2.05, 4.69) is 5.32 Å². The third-order valence-electron chi connectivity index (χ3n) is 2.26. The van der Waals surface area contributed by atoms with E-state index in [1.54, 1.807) is 24.3 Å². The van der Waals surface area contributed by atoms with Crippen molar-refractivity contribution in [3.05, 3.63) is 24.3 Å². The van der Waals surface area contributed by atoms with E-state index in [1.807, 2.05) is 6.92 Å². The highest BCUT2D eigenvalue weighted by molar-refractivity contribution is 5.94. The van der Waals surface area contributed by atoms with Crippen molar-refractivity contribution in [3.8, 4) is 5.75 Å².